The molecule has 2 heterocycles. The molecule has 3 aromatic rings. The van der Waals surface area contributed by atoms with Gasteiger partial charge in [-0.05, 0) is 51.0 Å². The number of amides is 2. The van der Waals surface area contributed by atoms with Gasteiger partial charge in [-0.15, -0.1) is 0 Å². The largest absolute Gasteiger partial charge is 0.354 e. The van der Waals surface area contributed by atoms with Crippen LogP contribution in [0.4, 0.5) is 16.3 Å². The lowest BCUT2D eigenvalue weighted by Crippen LogP contribution is -2.38. The number of urea groups is 1. The van der Waals surface area contributed by atoms with E-state index < -0.39 is 0 Å². The summed E-state index contributed by atoms with van der Waals surface area (Å²) in [6, 6.07) is 15.7. The maximum Gasteiger partial charge on any atom is 0.321 e. The summed E-state index contributed by atoms with van der Waals surface area (Å²) in [6.45, 7) is 8.98. The lowest BCUT2D eigenvalue weighted by Gasteiger charge is -2.26. The molecule has 0 spiro atoms. The first kappa shape index (κ1) is 23.1. The maximum absolute atomic E-state index is 12.8. The van der Waals surface area contributed by atoms with Crippen molar-refractivity contribution in [2.75, 3.05) is 36.4 Å². The van der Waals surface area contributed by atoms with Crippen LogP contribution in [-0.2, 0) is 6.42 Å². The van der Waals surface area contributed by atoms with Gasteiger partial charge in [0.25, 0.3) is 0 Å². The Bertz CT molecular complexity index is 1130. The third kappa shape index (κ3) is 5.82. The molecule has 0 unspecified atom stereocenters. The second kappa shape index (κ2) is 10.2. The van der Waals surface area contributed by atoms with E-state index in [1.165, 1.54) is 11.1 Å². The van der Waals surface area contributed by atoms with Gasteiger partial charge in [0.15, 0.2) is 0 Å². The van der Waals surface area contributed by atoms with Gasteiger partial charge in [-0.1, -0.05) is 47.5 Å². The van der Waals surface area contributed by atoms with E-state index in [-0.39, 0.29) is 6.03 Å². The third-order valence-corrected chi connectivity index (χ3v) is 6.20. The van der Waals surface area contributed by atoms with Crippen molar-refractivity contribution in [3.63, 3.8) is 0 Å². The van der Waals surface area contributed by atoms with Crippen molar-refractivity contribution in [3.05, 3.63) is 81.8 Å². The SMILES string of the molecule is Cc1ccc(Cc2c(C)nc(C)nc2N2CCCN(C(=O)Nc3cccc(Cl)c3)CC2)cc1. The molecule has 1 aliphatic heterocycles. The van der Waals surface area contributed by atoms with E-state index in [2.05, 4.69) is 53.3 Å². The molecule has 0 bridgehead atoms. The molecule has 2 amide bonds. The number of rotatable bonds is 4. The molecule has 2 aromatic carbocycles. The molecule has 1 aromatic heterocycles. The number of carbonyl (C=O) groups is 1. The molecule has 1 N–H and O–H groups in total. The third-order valence-electron chi connectivity index (χ3n) is 5.96. The maximum atomic E-state index is 12.8. The molecular weight excluding hydrogens is 434 g/mol. The van der Waals surface area contributed by atoms with E-state index in [9.17, 15) is 4.79 Å². The van der Waals surface area contributed by atoms with Crippen molar-refractivity contribution in [3.8, 4) is 0 Å². The van der Waals surface area contributed by atoms with E-state index in [0.29, 0.717) is 23.8 Å². The first-order valence-corrected chi connectivity index (χ1v) is 11.7. The summed E-state index contributed by atoms with van der Waals surface area (Å²) in [7, 11) is 0. The lowest BCUT2D eigenvalue weighted by atomic mass is 10.0. The summed E-state index contributed by atoms with van der Waals surface area (Å²) in [5, 5.41) is 3.56. The number of anilines is 2. The second-order valence-electron chi connectivity index (χ2n) is 8.59. The van der Waals surface area contributed by atoms with Gasteiger partial charge < -0.3 is 15.1 Å². The van der Waals surface area contributed by atoms with E-state index in [4.69, 9.17) is 16.6 Å². The Balaban J connectivity index is 1.50. The first-order chi connectivity index (χ1) is 15.9. The number of benzene rings is 2. The first-order valence-electron chi connectivity index (χ1n) is 11.3. The average Bonchev–Trinajstić information content (AvgIpc) is 3.03. The van der Waals surface area contributed by atoms with Crippen LogP contribution in [0.25, 0.3) is 0 Å². The minimum Gasteiger partial charge on any atom is -0.354 e. The van der Waals surface area contributed by atoms with Crippen molar-refractivity contribution >= 4 is 29.1 Å². The van der Waals surface area contributed by atoms with E-state index in [1.54, 1.807) is 12.1 Å². The Hall–Kier alpha value is -3.12. The van der Waals surface area contributed by atoms with Gasteiger partial charge in [-0.25, -0.2) is 14.8 Å². The van der Waals surface area contributed by atoms with Crippen molar-refractivity contribution in [1.29, 1.82) is 0 Å². The van der Waals surface area contributed by atoms with Crippen LogP contribution in [0.1, 0.15) is 34.6 Å². The number of hydrogen-bond donors (Lipinski definition) is 1. The van der Waals surface area contributed by atoms with Gasteiger partial charge in [0, 0.05) is 54.6 Å². The smallest absolute Gasteiger partial charge is 0.321 e. The second-order valence-corrected chi connectivity index (χ2v) is 9.03. The molecule has 0 saturated carbocycles. The molecule has 0 aliphatic carbocycles. The summed E-state index contributed by atoms with van der Waals surface area (Å²) in [4.78, 5) is 26.5. The minimum atomic E-state index is -0.103. The fourth-order valence-electron chi connectivity index (χ4n) is 4.20. The van der Waals surface area contributed by atoms with Crippen molar-refractivity contribution in [1.82, 2.24) is 14.9 Å². The van der Waals surface area contributed by atoms with Gasteiger partial charge in [0.2, 0.25) is 0 Å². The van der Waals surface area contributed by atoms with Crippen LogP contribution < -0.4 is 10.2 Å². The Labute approximate surface area is 200 Å². The average molecular weight is 464 g/mol. The van der Waals surface area contributed by atoms with Crippen LogP contribution in [0.5, 0.6) is 0 Å². The fraction of sp³-hybridized carbons (Fsp3) is 0.346. The Morgan fingerprint density at radius 2 is 1.79 bits per heavy atom. The molecule has 7 heteroatoms. The highest BCUT2D eigenvalue weighted by atomic mass is 35.5. The van der Waals surface area contributed by atoms with Crippen molar-refractivity contribution in [2.24, 2.45) is 0 Å². The number of hydrogen-bond acceptors (Lipinski definition) is 4. The van der Waals surface area contributed by atoms with E-state index in [0.717, 1.165) is 48.8 Å². The molecule has 1 fully saturated rings. The lowest BCUT2D eigenvalue weighted by molar-refractivity contribution is 0.215. The molecule has 0 atom stereocenters. The molecule has 33 heavy (non-hydrogen) atoms. The Morgan fingerprint density at radius 3 is 2.55 bits per heavy atom. The molecule has 1 aliphatic rings. The van der Waals surface area contributed by atoms with Gasteiger partial charge in [-0.2, -0.15) is 0 Å². The van der Waals surface area contributed by atoms with E-state index >= 15 is 0 Å². The number of nitrogens with zero attached hydrogens (tertiary/aromatic N) is 4. The Kier molecular flexibility index (Phi) is 7.14. The zero-order valence-electron chi connectivity index (χ0n) is 19.4. The van der Waals surface area contributed by atoms with Crippen molar-refractivity contribution in [2.45, 2.75) is 33.6 Å². The summed E-state index contributed by atoms with van der Waals surface area (Å²) < 4.78 is 0. The zero-order valence-corrected chi connectivity index (χ0v) is 20.2. The number of aryl methyl sites for hydroxylation is 3. The van der Waals surface area contributed by atoms with Crippen LogP contribution in [-0.4, -0.2) is 47.1 Å². The quantitative estimate of drug-likeness (QED) is 0.563. The standard InChI is InChI=1S/C26H30ClN5O/c1-18-8-10-21(11-9-18)16-24-19(2)28-20(3)29-25(24)31-12-5-13-32(15-14-31)26(33)30-23-7-4-6-22(27)17-23/h4,6-11,17H,5,12-16H2,1-3H3,(H,30,33). The number of halogens is 1. The molecule has 6 nitrogen and oxygen atoms in total. The molecular formula is C26H30ClN5O. The number of nitrogens with one attached hydrogen (secondary N) is 1. The number of carbonyl (C=O) groups excluding carboxylic acids is 1. The molecule has 172 valence electrons. The monoisotopic (exact) mass is 463 g/mol. The van der Waals surface area contributed by atoms with Crippen LogP contribution in [0, 0.1) is 20.8 Å². The number of aromatic nitrogens is 2. The zero-order chi connectivity index (χ0) is 23.4. The minimum absolute atomic E-state index is 0.103. The highest BCUT2D eigenvalue weighted by Gasteiger charge is 2.23. The van der Waals surface area contributed by atoms with Crippen LogP contribution >= 0.6 is 11.6 Å². The van der Waals surface area contributed by atoms with Crippen LogP contribution in [0.3, 0.4) is 0 Å². The van der Waals surface area contributed by atoms with Gasteiger partial charge in [-0.3, -0.25) is 0 Å². The van der Waals surface area contributed by atoms with Crippen LogP contribution in [0.2, 0.25) is 5.02 Å². The Morgan fingerprint density at radius 1 is 1.00 bits per heavy atom. The molecule has 0 radical (unpaired) electrons. The fourth-order valence-corrected chi connectivity index (χ4v) is 4.39. The normalized spacial score (nSPS) is 14.2. The summed E-state index contributed by atoms with van der Waals surface area (Å²) in [5.41, 5.74) is 5.37. The molecule has 1 saturated heterocycles. The van der Waals surface area contributed by atoms with E-state index in [1.807, 2.05) is 24.0 Å². The topological polar surface area (TPSA) is 61.4 Å². The predicted octanol–water partition coefficient (Wildman–Crippen LogP) is 5.39. The van der Waals surface area contributed by atoms with Gasteiger partial charge in [0.05, 0.1) is 0 Å². The molecule has 4 rings (SSSR count). The van der Waals surface area contributed by atoms with Gasteiger partial charge in [0.1, 0.15) is 11.6 Å². The summed E-state index contributed by atoms with van der Waals surface area (Å²) in [5.74, 6) is 1.76. The van der Waals surface area contributed by atoms with Gasteiger partial charge >= 0.3 is 6.03 Å². The highest BCUT2D eigenvalue weighted by Crippen LogP contribution is 2.25. The van der Waals surface area contributed by atoms with Crippen molar-refractivity contribution < 1.29 is 4.79 Å². The van der Waals surface area contributed by atoms with Crippen LogP contribution in [0.15, 0.2) is 48.5 Å². The summed E-state index contributed by atoms with van der Waals surface area (Å²) >= 11 is 6.05. The predicted molar refractivity (Wildman–Crippen MR) is 134 cm³/mol. The highest BCUT2D eigenvalue weighted by molar-refractivity contribution is 6.30. The summed E-state index contributed by atoms with van der Waals surface area (Å²) in [6.07, 6.45) is 1.66.